The lowest BCUT2D eigenvalue weighted by Gasteiger charge is -2.08. The summed E-state index contributed by atoms with van der Waals surface area (Å²) in [6, 6.07) is 5.40. The molecule has 1 aliphatic rings. The second-order valence-electron chi connectivity index (χ2n) is 3.88. The summed E-state index contributed by atoms with van der Waals surface area (Å²) in [6.07, 6.45) is 0.634. The minimum atomic E-state index is -1.02. The zero-order valence-corrected chi connectivity index (χ0v) is 9.26. The lowest BCUT2D eigenvalue weighted by Crippen LogP contribution is -2.09. The summed E-state index contributed by atoms with van der Waals surface area (Å²) in [7, 11) is 0. The molecular formula is C12H14O5. The highest BCUT2D eigenvalue weighted by Crippen LogP contribution is 2.42. The Balaban J connectivity index is 2.17. The van der Waals surface area contributed by atoms with Gasteiger partial charge in [-0.3, -0.25) is 0 Å². The monoisotopic (exact) mass is 238 g/mol. The van der Waals surface area contributed by atoms with Crippen LogP contribution in [0.1, 0.15) is 17.9 Å². The Labute approximate surface area is 98.6 Å². The van der Waals surface area contributed by atoms with Crippen LogP contribution in [0.25, 0.3) is 0 Å². The van der Waals surface area contributed by atoms with E-state index in [0.29, 0.717) is 24.5 Å². The number of aliphatic hydroxyl groups is 1. The van der Waals surface area contributed by atoms with Gasteiger partial charge in [0.05, 0.1) is 6.61 Å². The Morgan fingerprint density at radius 3 is 3.06 bits per heavy atom. The van der Waals surface area contributed by atoms with Crippen molar-refractivity contribution in [2.45, 2.75) is 12.3 Å². The number of carboxylic acid groups (broad SMARTS) is 1. The molecule has 1 atom stereocenters. The van der Waals surface area contributed by atoms with Crippen LogP contribution in [-0.2, 0) is 4.79 Å². The van der Waals surface area contributed by atoms with Gasteiger partial charge in [-0.05, 0) is 12.5 Å². The molecule has 0 bridgehead atoms. The first-order valence-corrected chi connectivity index (χ1v) is 5.43. The van der Waals surface area contributed by atoms with Gasteiger partial charge in [0, 0.05) is 18.1 Å². The molecule has 1 aromatic rings. The van der Waals surface area contributed by atoms with Crippen molar-refractivity contribution in [3.63, 3.8) is 0 Å². The van der Waals surface area contributed by atoms with Gasteiger partial charge >= 0.3 is 5.97 Å². The Hall–Kier alpha value is -1.75. The third-order valence-corrected chi connectivity index (χ3v) is 2.71. The van der Waals surface area contributed by atoms with Crippen molar-refractivity contribution >= 4 is 5.97 Å². The normalized spacial score (nSPS) is 17.4. The average molecular weight is 238 g/mol. The molecule has 1 heterocycles. The fourth-order valence-electron chi connectivity index (χ4n) is 1.93. The van der Waals surface area contributed by atoms with Gasteiger partial charge in [-0.25, -0.2) is 4.79 Å². The van der Waals surface area contributed by atoms with E-state index < -0.39 is 5.97 Å². The van der Waals surface area contributed by atoms with Crippen molar-refractivity contribution in [3.8, 4) is 11.5 Å². The van der Waals surface area contributed by atoms with Crippen molar-refractivity contribution in [1.82, 2.24) is 0 Å². The minimum absolute atomic E-state index is 0.105. The molecule has 0 spiro atoms. The lowest BCUT2D eigenvalue weighted by atomic mass is 9.98. The lowest BCUT2D eigenvalue weighted by molar-refractivity contribution is -0.139. The first-order valence-electron chi connectivity index (χ1n) is 5.43. The minimum Gasteiger partial charge on any atom is -0.489 e. The topological polar surface area (TPSA) is 76.0 Å². The number of hydrogen-bond donors (Lipinski definition) is 2. The Kier molecular flexibility index (Phi) is 3.49. The predicted molar refractivity (Wildman–Crippen MR) is 59.5 cm³/mol. The quantitative estimate of drug-likeness (QED) is 0.800. The maximum absolute atomic E-state index is 10.4. The van der Waals surface area contributed by atoms with Crippen LogP contribution in [0.2, 0.25) is 0 Å². The van der Waals surface area contributed by atoms with Crippen molar-refractivity contribution in [2.24, 2.45) is 0 Å². The maximum Gasteiger partial charge on any atom is 0.341 e. The summed E-state index contributed by atoms with van der Waals surface area (Å²) in [5.41, 5.74) is 0.974. The van der Waals surface area contributed by atoms with Crippen LogP contribution < -0.4 is 9.47 Å². The summed E-state index contributed by atoms with van der Waals surface area (Å²) in [5.74, 6) is 0.188. The SMILES string of the molecule is O=C(O)COc1cccc2c1OCC2CCO. The third-order valence-electron chi connectivity index (χ3n) is 2.71. The number of fused-ring (bicyclic) bond motifs is 1. The molecule has 0 amide bonds. The molecule has 0 aromatic heterocycles. The number of carbonyl (C=O) groups is 1. The van der Waals surface area contributed by atoms with E-state index in [-0.39, 0.29) is 19.1 Å². The highest BCUT2D eigenvalue weighted by molar-refractivity contribution is 5.68. The molecule has 5 nitrogen and oxygen atoms in total. The van der Waals surface area contributed by atoms with E-state index in [4.69, 9.17) is 19.7 Å². The van der Waals surface area contributed by atoms with Gasteiger partial charge < -0.3 is 19.7 Å². The van der Waals surface area contributed by atoms with Crippen LogP contribution in [-0.4, -0.2) is 36.0 Å². The van der Waals surface area contributed by atoms with Gasteiger partial charge in [-0.2, -0.15) is 0 Å². The van der Waals surface area contributed by atoms with Crippen LogP contribution in [0.5, 0.6) is 11.5 Å². The second-order valence-corrected chi connectivity index (χ2v) is 3.88. The molecule has 5 heteroatoms. The fourth-order valence-corrected chi connectivity index (χ4v) is 1.93. The van der Waals surface area contributed by atoms with E-state index in [1.54, 1.807) is 12.1 Å². The van der Waals surface area contributed by atoms with Gasteiger partial charge in [-0.15, -0.1) is 0 Å². The summed E-state index contributed by atoms with van der Waals surface area (Å²) in [4.78, 5) is 10.4. The van der Waals surface area contributed by atoms with Gasteiger partial charge in [0.15, 0.2) is 18.1 Å². The average Bonchev–Trinajstić information content (AvgIpc) is 2.71. The maximum atomic E-state index is 10.4. The van der Waals surface area contributed by atoms with Gasteiger partial charge in [0.25, 0.3) is 0 Å². The van der Waals surface area contributed by atoms with Crippen molar-refractivity contribution < 1.29 is 24.5 Å². The second kappa shape index (κ2) is 5.05. The molecule has 1 unspecified atom stereocenters. The van der Waals surface area contributed by atoms with Crippen molar-refractivity contribution in [3.05, 3.63) is 23.8 Å². The summed E-state index contributed by atoms with van der Waals surface area (Å²) < 4.78 is 10.6. The molecule has 0 aliphatic carbocycles. The summed E-state index contributed by atoms with van der Waals surface area (Å²) in [5, 5.41) is 17.5. The molecule has 1 aliphatic heterocycles. The van der Waals surface area contributed by atoms with Crippen LogP contribution in [0.15, 0.2) is 18.2 Å². The molecule has 17 heavy (non-hydrogen) atoms. The Morgan fingerprint density at radius 2 is 2.35 bits per heavy atom. The van der Waals surface area contributed by atoms with Gasteiger partial charge in [0.2, 0.25) is 0 Å². The standard InChI is InChI=1S/C12H14O5/c13-5-4-8-6-17-12-9(8)2-1-3-10(12)16-7-11(14)15/h1-3,8,13H,4-7H2,(H,14,15). The molecule has 2 rings (SSSR count). The smallest absolute Gasteiger partial charge is 0.341 e. The molecule has 0 saturated carbocycles. The number of aliphatic hydroxyl groups excluding tert-OH is 1. The molecule has 2 N–H and O–H groups in total. The molecule has 0 saturated heterocycles. The van der Waals surface area contributed by atoms with E-state index >= 15 is 0 Å². The van der Waals surface area contributed by atoms with E-state index in [2.05, 4.69) is 0 Å². The summed E-state index contributed by atoms with van der Waals surface area (Å²) in [6.45, 7) is 0.224. The predicted octanol–water partition coefficient (Wildman–Crippen LogP) is 1.01. The third kappa shape index (κ3) is 2.50. The first-order chi connectivity index (χ1) is 8.22. The molecule has 92 valence electrons. The van der Waals surface area contributed by atoms with Crippen LogP contribution in [0.4, 0.5) is 0 Å². The zero-order chi connectivity index (χ0) is 12.3. The number of para-hydroxylation sites is 1. The van der Waals surface area contributed by atoms with Crippen molar-refractivity contribution in [2.75, 3.05) is 19.8 Å². The van der Waals surface area contributed by atoms with Gasteiger partial charge in [0.1, 0.15) is 0 Å². The zero-order valence-electron chi connectivity index (χ0n) is 9.26. The Morgan fingerprint density at radius 1 is 1.53 bits per heavy atom. The largest absolute Gasteiger partial charge is 0.489 e. The fraction of sp³-hybridized carbons (Fsp3) is 0.417. The van der Waals surface area contributed by atoms with E-state index in [9.17, 15) is 4.79 Å². The van der Waals surface area contributed by atoms with Crippen LogP contribution >= 0.6 is 0 Å². The summed E-state index contributed by atoms with van der Waals surface area (Å²) >= 11 is 0. The van der Waals surface area contributed by atoms with E-state index in [1.807, 2.05) is 6.07 Å². The number of carboxylic acids is 1. The van der Waals surface area contributed by atoms with E-state index in [0.717, 1.165) is 5.56 Å². The number of aliphatic carboxylic acids is 1. The first kappa shape index (κ1) is 11.7. The molecule has 1 aromatic carbocycles. The number of ether oxygens (including phenoxy) is 2. The number of benzene rings is 1. The van der Waals surface area contributed by atoms with Gasteiger partial charge in [-0.1, -0.05) is 12.1 Å². The molecular weight excluding hydrogens is 224 g/mol. The van der Waals surface area contributed by atoms with E-state index in [1.165, 1.54) is 0 Å². The molecule has 0 fully saturated rings. The number of hydrogen-bond acceptors (Lipinski definition) is 4. The van der Waals surface area contributed by atoms with Crippen molar-refractivity contribution in [1.29, 1.82) is 0 Å². The highest BCUT2D eigenvalue weighted by Gasteiger charge is 2.26. The Bertz CT molecular complexity index is 415. The molecule has 0 radical (unpaired) electrons. The van der Waals surface area contributed by atoms with Crippen LogP contribution in [0.3, 0.4) is 0 Å². The number of rotatable bonds is 5. The van der Waals surface area contributed by atoms with Crippen LogP contribution in [0, 0.1) is 0 Å². The highest BCUT2D eigenvalue weighted by atomic mass is 16.5.